The summed E-state index contributed by atoms with van der Waals surface area (Å²) >= 11 is 0. The van der Waals surface area contributed by atoms with E-state index in [-0.39, 0.29) is 12.5 Å². The van der Waals surface area contributed by atoms with E-state index < -0.39 is 12.6 Å². The molecule has 0 aliphatic carbocycles. The Labute approximate surface area is 106 Å². The SMILES string of the molecule is CCC(N)Cc1ccc(CCCC(F)(F)F)cc1. The Morgan fingerprint density at radius 2 is 1.67 bits per heavy atom. The van der Waals surface area contributed by atoms with Gasteiger partial charge in [0, 0.05) is 12.5 Å². The van der Waals surface area contributed by atoms with Crippen molar-refractivity contribution in [3.8, 4) is 0 Å². The summed E-state index contributed by atoms with van der Waals surface area (Å²) in [6, 6.07) is 7.86. The minimum absolute atomic E-state index is 0.150. The van der Waals surface area contributed by atoms with Crippen LogP contribution >= 0.6 is 0 Å². The molecule has 0 aliphatic heterocycles. The fourth-order valence-electron chi connectivity index (χ4n) is 1.78. The molecule has 0 radical (unpaired) electrons. The molecule has 0 amide bonds. The number of halogens is 3. The maximum atomic E-state index is 12.0. The maximum Gasteiger partial charge on any atom is 0.389 e. The summed E-state index contributed by atoms with van der Waals surface area (Å²) in [5, 5.41) is 0. The number of benzene rings is 1. The van der Waals surface area contributed by atoms with Gasteiger partial charge in [0.15, 0.2) is 0 Å². The number of alkyl halides is 3. The lowest BCUT2D eigenvalue weighted by atomic mass is 10.0. The van der Waals surface area contributed by atoms with E-state index in [0.717, 1.165) is 24.0 Å². The number of hydrogen-bond donors (Lipinski definition) is 1. The molecule has 0 spiro atoms. The van der Waals surface area contributed by atoms with E-state index in [2.05, 4.69) is 0 Å². The van der Waals surface area contributed by atoms with Gasteiger partial charge in [0.05, 0.1) is 0 Å². The van der Waals surface area contributed by atoms with Gasteiger partial charge in [-0.05, 0) is 36.8 Å². The van der Waals surface area contributed by atoms with Crippen LogP contribution in [0, 0.1) is 0 Å². The van der Waals surface area contributed by atoms with Crippen LogP contribution in [0.2, 0.25) is 0 Å². The normalized spacial score (nSPS) is 13.6. The lowest BCUT2D eigenvalue weighted by Gasteiger charge is -2.09. The Morgan fingerprint density at radius 3 is 2.17 bits per heavy atom. The van der Waals surface area contributed by atoms with Crippen LogP contribution in [0.5, 0.6) is 0 Å². The number of aryl methyl sites for hydroxylation is 1. The Hall–Kier alpha value is -1.03. The van der Waals surface area contributed by atoms with E-state index in [1.165, 1.54) is 0 Å². The lowest BCUT2D eigenvalue weighted by molar-refractivity contribution is -0.135. The standard InChI is InChI=1S/C14H20F3N/c1-2-13(18)10-12-7-5-11(6-8-12)4-3-9-14(15,16)17/h5-8,13H,2-4,9-10,18H2,1H3. The van der Waals surface area contributed by atoms with Gasteiger partial charge in [-0.25, -0.2) is 0 Å². The van der Waals surface area contributed by atoms with Gasteiger partial charge in [0.2, 0.25) is 0 Å². The molecule has 102 valence electrons. The number of hydrogen-bond acceptors (Lipinski definition) is 1. The molecule has 1 aromatic rings. The van der Waals surface area contributed by atoms with Crippen LogP contribution in [0.1, 0.15) is 37.3 Å². The molecule has 4 heteroatoms. The van der Waals surface area contributed by atoms with Crippen molar-refractivity contribution in [3.63, 3.8) is 0 Å². The molecule has 1 unspecified atom stereocenters. The smallest absolute Gasteiger partial charge is 0.327 e. The van der Waals surface area contributed by atoms with Crippen molar-refractivity contribution in [1.29, 1.82) is 0 Å². The Bertz CT molecular complexity index is 343. The summed E-state index contributed by atoms with van der Waals surface area (Å²) in [5.41, 5.74) is 7.94. The van der Waals surface area contributed by atoms with Crippen LogP contribution in [0.15, 0.2) is 24.3 Å². The first-order valence-electron chi connectivity index (χ1n) is 6.31. The van der Waals surface area contributed by atoms with Crippen molar-refractivity contribution in [1.82, 2.24) is 0 Å². The van der Waals surface area contributed by atoms with Crippen LogP contribution in [-0.4, -0.2) is 12.2 Å². The number of rotatable bonds is 6. The highest BCUT2D eigenvalue weighted by Crippen LogP contribution is 2.22. The van der Waals surface area contributed by atoms with Crippen molar-refractivity contribution in [2.45, 2.75) is 51.2 Å². The van der Waals surface area contributed by atoms with E-state index in [1.54, 1.807) is 0 Å². The van der Waals surface area contributed by atoms with Crippen molar-refractivity contribution in [2.24, 2.45) is 5.73 Å². The monoisotopic (exact) mass is 259 g/mol. The molecule has 0 saturated carbocycles. The zero-order chi connectivity index (χ0) is 13.6. The van der Waals surface area contributed by atoms with Gasteiger partial charge in [0.1, 0.15) is 0 Å². The first-order valence-corrected chi connectivity index (χ1v) is 6.31. The molecule has 2 N–H and O–H groups in total. The zero-order valence-corrected chi connectivity index (χ0v) is 10.6. The second-order valence-corrected chi connectivity index (χ2v) is 4.66. The predicted molar refractivity (Wildman–Crippen MR) is 67.4 cm³/mol. The molecule has 0 bridgehead atoms. The van der Waals surface area contributed by atoms with Gasteiger partial charge in [-0.1, -0.05) is 31.2 Å². The Morgan fingerprint density at radius 1 is 1.11 bits per heavy atom. The quantitative estimate of drug-likeness (QED) is 0.825. The molecule has 0 heterocycles. The topological polar surface area (TPSA) is 26.0 Å². The number of nitrogens with two attached hydrogens (primary N) is 1. The second kappa shape index (κ2) is 6.78. The summed E-state index contributed by atoms with van der Waals surface area (Å²) in [7, 11) is 0. The van der Waals surface area contributed by atoms with Crippen LogP contribution < -0.4 is 5.73 Å². The Kier molecular flexibility index (Phi) is 5.66. The van der Waals surface area contributed by atoms with Crippen LogP contribution in [0.3, 0.4) is 0 Å². The summed E-state index contributed by atoms with van der Waals surface area (Å²) in [4.78, 5) is 0. The van der Waals surface area contributed by atoms with Gasteiger partial charge in [-0.15, -0.1) is 0 Å². The van der Waals surface area contributed by atoms with Gasteiger partial charge < -0.3 is 5.73 Å². The molecule has 18 heavy (non-hydrogen) atoms. The first-order chi connectivity index (χ1) is 8.40. The molecule has 1 nitrogen and oxygen atoms in total. The van der Waals surface area contributed by atoms with Gasteiger partial charge in [-0.3, -0.25) is 0 Å². The molecule has 0 aromatic heterocycles. The second-order valence-electron chi connectivity index (χ2n) is 4.66. The van der Waals surface area contributed by atoms with Gasteiger partial charge in [0.25, 0.3) is 0 Å². The van der Waals surface area contributed by atoms with E-state index in [9.17, 15) is 13.2 Å². The van der Waals surface area contributed by atoms with E-state index in [1.807, 2.05) is 31.2 Å². The highest BCUT2D eigenvalue weighted by atomic mass is 19.4. The van der Waals surface area contributed by atoms with Gasteiger partial charge in [-0.2, -0.15) is 13.2 Å². The molecule has 1 atom stereocenters. The summed E-state index contributed by atoms with van der Waals surface area (Å²) in [6.07, 6.45) is -2.40. The summed E-state index contributed by atoms with van der Waals surface area (Å²) in [5.74, 6) is 0. The molecular weight excluding hydrogens is 239 g/mol. The third-order valence-electron chi connectivity index (χ3n) is 2.97. The van der Waals surface area contributed by atoms with Crippen molar-refractivity contribution < 1.29 is 13.2 Å². The van der Waals surface area contributed by atoms with Crippen molar-refractivity contribution >= 4 is 0 Å². The zero-order valence-electron chi connectivity index (χ0n) is 10.6. The average Bonchev–Trinajstić information content (AvgIpc) is 2.29. The summed E-state index contributed by atoms with van der Waals surface area (Å²) < 4.78 is 36.0. The fourth-order valence-corrected chi connectivity index (χ4v) is 1.78. The van der Waals surface area contributed by atoms with Crippen molar-refractivity contribution in [2.75, 3.05) is 0 Å². The van der Waals surface area contributed by atoms with E-state index in [4.69, 9.17) is 5.73 Å². The Balaban J connectivity index is 2.41. The third-order valence-corrected chi connectivity index (χ3v) is 2.97. The van der Waals surface area contributed by atoms with Gasteiger partial charge >= 0.3 is 6.18 Å². The minimum atomic E-state index is -4.05. The van der Waals surface area contributed by atoms with E-state index >= 15 is 0 Å². The minimum Gasteiger partial charge on any atom is -0.327 e. The maximum absolute atomic E-state index is 12.0. The van der Waals surface area contributed by atoms with Crippen LogP contribution in [-0.2, 0) is 12.8 Å². The largest absolute Gasteiger partial charge is 0.389 e. The fraction of sp³-hybridized carbons (Fsp3) is 0.571. The highest BCUT2D eigenvalue weighted by molar-refractivity contribution is 5.23. The average molecular weight is 259 g/mol. The summed E-state index contributed by atoms with van der Waals surface area (Å²) in [6.45, 7) is 2.04. The van der Waals surface area contributed by atoms with Crippen molar-refractivity contribution in [3.05, 3.63) is 35.4 Å². The third kappa shape index (κ3) is 6.05. The lowest BCUT2D eigenvalue weighted by Crippen LogP contribution is -2.21. The molecule has 0 saturated heterocycles. The molecule has 1 rings (SSSR count). The predicted octanol–water partition coefficient (Wildman–Crippen LogP) is 3.85. The highest BCUT2D eigenvalue weighted by Gasteiger charge is 2.25. The molecule has 1 aromatic carbocycles. The first kappa shape index (κ1) is 15.0. The molecular formula is C14H20F3N. The molecule has 0 fully saturated rings. The van der Waals surface area contributed by atoms with Crippen LogP contribution in [0.4, 0.5) is 13.2 Å². The molecule has 0 aliphatic rings. The van der Waals surface area contributed by atoms with Crippen LogP contribution in [0.25, 0.3) is 0 Å². The van der Waals surface area contributed by atoms with E-state index in [0.29, 0.717) is 6.42 Å².